The fourth-order valence-electron chi connectivity index (χ4n) is 2.86. The third kappa shape index (κ3) is 5.09. The minimum absolute atomic E-state index is 0.0658. The molecule has 2 amide bonds. The Balaban J connectivity index is 3.11. The Morgan fingerprint density at radius 2 is 1.68 bits per heavy atom. The molecule has 0 aromatic rings. The molecule has 1 fully saturated rings. The predicted molar refractivity (Wildman–Crippen MR) is 83.5 cm³/mol. The van der Waals surface area contributed by atoms with Crippen LogP contribution in [0.1, 0.15) is 41.0 Å². The molecule has 2 N–H and O–H groups in total. The predicted octanol–water partition coefficient (Wildman–Crippen LogP) is 2.04. The smallest absolute Gasteiger partial charge is 0.471 e. The van der Waals surface area contributed by atoms with Gasteiger partial charge in [0.1, 0.15) is 12.1 Å². The van der Waals surface area contributed by atoms with Crippen LogP contribution in [-0.4, -0.2) is 52.6 Å². The maximum atomic E-state index is 12.8. The lowest BCUT2D eigenvalue weighted by molar-refractivity contribution is -0.176. The highest BCUT2D eigenvalue weighted by Gasteiger charge is 2.48. The summed E-state index contributed by atoms with van der Waals surface area (Å²) in [5.41, 5.74) is -1.02. The molecule has 0 aromatic heterocycles. The number of rotatable bonds is 4. The fourth-order valence-corrected chi connectivity index (χ4v) is 2.86. The van der Waals surface area contributed by atoms with Gasteiger partial charge in [-0.1, -0.05) is 34.6 Å². The highest BCUT2D eigenvalue weighted by molar-refractivity contribution is 5.92. The summed E-state index contributed by atoms with van der Waals surface area (Å²) in [5.74, 6) is -4.17. The number of hydrogen-bond donors (Lipinski definition) is 2. The van der Waals surface area contributed by atoms with E-state index >= 15 is 0 Å². The van der Waals surface area contributed by atoms with Crippen molar-refractivity contribution >= 4 is 17.8 Å². The van der Waals surface area contributed by atoms with Crippen LogP contribution in [0.5, 0.6) is 0 Å². The van der Waals surface area contributed by atoms with Gasteiger partial charge in [-0.05, 0) is 23.7 Å². The average molecular weight is 366 g/mol. The first-order valence-corrected chi connectivity index (χ1v) is 8.07. The van der Waals surface area contributed by atoms with Crippen LogP contribution in [-0.2, 0) is 14.4 Å². The van der Waals surface area contributed by atoms with E-state index in [1.807, 2.05) is 13.8 Å². The van der Waals surface area contributed by atoms with Gasteiger partial charge in [0.2, 0.25) is 5.91 Å². The third-order valence-corrected chi connectivity index (χ3v) is 4.49. The molecule has 0 bridgehead atoms. The number of hydrogen-bond acceptors (Lipinski definition) is 3. The van der Waals surface area contributed by atoms with E-state index in [-0.39, 0.29) is 24.8 Å². The van der Waals surface area contributed by atoms with Crippen LogP contribution in [0.25, 0.3) is 0 Å². The molecule has 25 heavy (non-hydrogen) atoms. The molecule has 3 atom stereocenters. The number of carbonyl (C=O) groups is 3. The zero-order valence-electron chi connectivity index (χ0n) is 15.0. The molecule has 6 nitrogen and oxygen atoms in total. The first-order valence-electron chi connectivity index (χ1n) is 8.07. The summed E-state index contributed by atoms with van der Waals surface area (Å²) >= 11 is 0. The van der Waals surface area contributed by atoms with Gasteiger partial charge in [0.05, 0.1) is 0 Å². The van der Waals surface area contributed by atoms with E-state index in [2.05, 4.69) is 0 Å². The fraction of sp³-hybridized carbons (Fsp3) is 0.812. The van der Waals surface area contributed by atoms with Crippen LogP contribution in [0, 0.1) is 17.3 Å². The molecule has 1 unspecified atom stereocenters. The Morgan fingerprint density at radius 3 is 2.04 bits per heavy atom. The lowest BCUT2D eigenvalue weighted by Crippen LogP contribution is -2.58. The summed E-state index contributed by atoms with van der Waals surface area (Å²) in [6, 6.07) is -2.58. The molecular weight excluding hydrogens is 341 g/mol. The number of nitrogens with zero attached hydrogens (tertiary/aromatic N) is 1. The van der Waals surface area contributed by atoms with E-state index in [1.165, 1.54) is 20.8 Å². The van der Waals surface area contributed by atoms with Gasteiger partial charge in [-0.15, -0.1) is 0 Å². The summed E-state index contributed by atoms with van der Waals surface area (Å²) < 4.78 is 37.7. The summed E-state index contributed by atoms with van der Waals surface area (Å²) in [7, 11) is 0. The van der Waals surface area contributed by atoms with E-state index in [0.717, 1.165) is 4.90 Å². The van der Waals surface area contributed by atoms with Gasteiger partial charge in [0, 0.05) is 6.54 Å². The Kier molecular flexibility index (Phi) is 6.13. The molecular formula is C16H25F3N2O4. The third-order valence-electron chi connectivity index (χ3n) is 4.49. The summed E-state index contributed by atoms with van der Waals surface area (Å²) in [6.07, 6.45) is -4.88. The van der Waals surface area contributed by atoms with E-state index < -0.39 is 41.5 Å². The van der Waals surface area contributed by atoms with Crippen LogP contribution < -0.4 is 5.32 Å². The first-order chi connectivity index (χ1) is 11.2. The second-order valence-electron chi connectivity index (χ2n) is 7.85. The minimum Gasteiger partial charge on any atom is -0.480 e. The Hall–Kier alpha value is -1.80. The number of amides is 2. The van der Waals surface area contributed by atoms with Gasteiger partial charge in [-0.25, -0.2) is 4.79 Å². The van der Waals surface area contributed by atoms with E-state index in [4.69, 9.17) is 0 Å². The molecule has 1 aliphatic heterocycles. The van der Waals surface area contributed by atoms with Crippen molar-refractivity contribution in [2.75, 3.05) is 6.54 Å². The van der Waals surface area contributed by atoms with E-state index in [0.29, 0.717) is 0 Å². The van der Waals surface area contributed by atoms with E-state index in [1.54, 1.807) is 5.32 Å². The van der Waals surface area contributed by atoms with Crippen molar-refractivity contribution in [3.8, 4) is 0 Å². The van der Waals surface area contributed by atoms with Gasteiger partial charge in [0.25, 0.3) is 0 Å². The molecule has 1 aliphatic rings. The highest BCUT2D eigenvalue weighted by atomic mass is 19.4. The topological polar surface area (TPSA) is 86.7 Å². The number of halogens is 3. The standard InChI is InChI=1S/C16H25F3N2O4/c1-8(2)9-6-10(13(23)24)21(7-9)12(22)11(15(3,4)5)20-14(25)16(17,18)19/h8-11H,6-7H2,1-5H3,(H,20,25)(H,23,24)/t9-,10-,11?/m0/s1. The summed E-state index contributed by atoms with van der Waals surface area (Å²) in [6.45, 7) is 8.46. The SMILES string of the molecule is CC(C)[C@H]1C[C@@H](C(=O)O)N(C(=O)C(NC(=O)C(F)(F)F)C(C)(C)C)C1. The number of carbonyl (C=O) groups excluding carboxylic acids is 2. The van der Waals surface area contributed by atoms with Crippen molar-refractivity contribution in [1.29, 1.82) is 0 Å². The van der Waals surface area contributed by atoms with Crippen molar-refractivity contribution in [3.63, 3.8) is 0 Å². The quantitative estimate of drug-likeness (QED) is 0.797. The van der Waals surface area contributed by atoms with Crippen LogP contribution in [0.4, 0.5) is 13.2 Å². The van der Waals surface area contributed by atoms with Crippen LogP contribution >= 0.6 is 0 Å². The number of carboxylic acid groups (broad SMARTS) is 1. The maximum Gasteiger partial charge on any atom is 0.471 e. The number of likely N-dealkylation sites (tertiary alicyclic amines) is 1. The largest absolute Gasteiger partial charge is 0.480 e. The molecule has 1 saturated heterocycles. The van der Waals surface area contributed by atoms with Gasteiger partial charge < -0.3 is 15.3 Å². The summed E-state index contributed by atoms with van der Waals surface area (Å²) in [5, 5.41) is 11.1. The molecule has 0 spiro atoms. The van der Waals surface area contributed by atoms with Gasteiger partial charge in [0.15, 0.2) is 0 Å². The average Bonchev–Trinajstić information content (AvgIpc) is 2.86. The number of aliphatic carboxylic acids is 1. The van der Waals surface area contributed by atoms with Crippen molar-refractivity contribution in [2.24, 2.45) is 17.3 Å². The van der Waals surface area contributed by atoms with Gasteiger partial charge in [-0.2, -0.15) is 13.2 Å². The highest BCUT2D eigenvalue weighted by Crippen LogP contribution is 2.32. The monoisotopic (exact) mass is 366 g/mol. The lowest BCUT2D eigenvalue weighted by atomic mass is 9.85. The molecule has 1 heterocycles. The second-order valence-corrected chi connectivity index (χ2v) is 7.85. The van der Waals surface area contributed by atoms with Crippen molar-refractivity contribution in [2.45, 2.75) is 59.3 Å². The normalized spacial score (nSPS) is 22.8. The van der Waals surface area contributed by atoms with Gasteiger partial charge in [-0.3, -0.25) is 9.59 Å². The first kappa shape index (κ1) is 21.2. The maximum absolute atomic E-state index is 12.8. The zero-order chi connectivity index (χ0) is 19.7. The minimum atomic E-state index is -5.12. The summed E-state index contributed by atoms with van der Waals surface area (Å²) in [4.78, 5) is 36.7. The van der Waals surface area contributed by atoms with Crippen LogP contribution in [0.2, 0.25) is 0 Å². The molecule has 0 aromatic carbocycles. The molecule has 0 radical (unpaired) electrons. The zero-order valence-corrected chi connectivity index (χ0v) is 15.0. The second kappa shape index (κ2) is 7.21. The Labute approximate surface area is 144 Å². The van der Waals surface area contributed by atoms with Gasteiger partial charge >= 0.3 is 18.1 Å². The molecule has 1 rings (SSSR count). The molecule has 9 heteroatoms. The Bertz CT molecular complexity index is 540. The van der Waals surface area contributed by atoms with Crippen molar-refractivity contribution in [3.05, 3.63) is 0 Å². The molecule has 0 saturated carbocycles. The number of alkyl halides is 3. The Morgan fingerprint density at radius 1 is 1.16 bits per heavy atom. The number of nitrogens with one attached hydrogen (secondary N) is 1. The molecule has 0 aliphatic carbocycles. The van der Waals surface area contributed by atoms with E-state index in [9.17, 15) is 32.7 Å². The van der Waals surface area contributed by atoms with Crippen molar-refractivity contribution in [1.82, 2.24) is 10.2 Å². The van der Waals surface area contributed by atoms with Crippen LogP contribution in [0.3, 0.4) is 0 Å². The van der Waals surface area contributed by atoms with Crippen LogP contribution in [0.15, 0.2) is 0 Å². The number of carboxylic acids is 1. The van der Waals surface area contributed by atoms with Crippen molar-refractivity contribution < 1.29 is 32.7 Å². The lowest BCUT2D eigenvalue weighted by Gasteiger charge is -2.35. The molecule has 144 valence electrons.